The Morgan fingerprint density at radius 1 is 1.20 bits per heavy atom. The number of halogens is 3. The molecule has 0 bridgehead atoms. The molecule has 2 atom stereocenters. The molecule has 0 fully saturated rings. The molecular weight excluding hydrogens is 461 g/mol. The molecule has 0 aromatic heterocycles. The van der Waals surface area contributed by atoms with Crippen LogP contribution in [-0.4, -0.2) is 48.4 Å². The molecule has 3 N–H and O–H groups in total. The van der Waals surface area contributed by atoms with E-state index >= 15 is 0 Å². The molecule has 192 valence electrons. The lowest BCUT2D eigenvalue weighted by molar-refractivity contribution is -0.274. The van der Waals surface area contributed by atoms with E-state index in [1.165, 1.54) is 18.2 Å². The van der Waals surface area contributed by atoms with Crippen LogP contribution in [0.15, 0.2) is 60.1 Å². The molecule has 0 aliphatic rings. The first-order valence-corrected chi connectivity index (χ1v) is 11.1. The van der Waals surface area contributed by atoms with E-state index in [0.29, 0.717) is 11.3 Å². The van der Waals surface area contributed by atoms with Crippen LogP contribution < -0.4 is 10.1 Å². The van der Waals surface area contributed by atoms with Gasteiger partial charge in [-0.25, -0.2) is 0 Å². The van der Waals surface area contributed by atoms with Gasteiger partial charge >= 0.3 is 6.36 Å². The van der Waals surface area contributed by atoms with Crippen molar-refractivity contribution in [3.05, 3.63) is 77.4 Å². The molecular formula is C26H33F3N2O4. The number of nitrogens with zero attached hydrogens (tertiary/aromatic N) is 1. The molecule has 0 radical (unpaired) electrons. The Kier molecular flexibility index (Phi) is 12.2. The number of ether oxygens (including phenoxy) is 1. The number of carbonyl (C=O) groups excluding carboxylic acids is 1. The average molecular weight is 495 g/mol. The summed E-state index contributed by atoms with van der Waals surface area (Å²) in [5.74, 6) is -0.202. The van der Waals surface area contributed by atoms with Gasteiger partial charge in [0, 0.05) is 12.6 Å². The number of benzene rings is 2. The van der Waals surface area contributed by atoms with Gasteiger partial charge in [-0.1, -0.05) is 56.3 Å². The van der Waals surface area contributed by atoms with Crippen LogP contribution in [0, 0.1) is 6.92 Å². The largest absolute Gasteiger partial charge is 0.573 e. The third-order valence-electron chi connectivity index (χ3n) is 5.23. The van der Waals surface area contributed by atoms with Crippen molar-refractivity contribution in [2.45, 2.75) is 45.6 Å². The number of carbonyl (C=O) groups is 1. The maximum atomic E-state index is 11.6. The second-order valence-corrected chi connectivity index (χ2v) is 7.77. The number of nitrogens with one attached hydrogen (secondary N) is 1. The highest BCUT2D eigenvalue weighted by Crippen LogP contribution is 2.29. The van der Waals surface area contributed by atoms with Crippen molar-refractivity contribution >= 4 is 11.6 Å². The van der Waals surface area contributed by atoms with E-state index in [1.54, 1.807) is 32.2 Å². The number of amides is 1. The smallest absolute Gasteiger partial charge is 0.406 e. The summed E-state index contributed by atoms with van der Waals surface area (Å²) in [4.78, 5) is 15.7. The van der Waals surface area contributed by atoms with Crippen LogP contribution in [0.4, 0.5) is 13.2 Å². The van der Waals surface area contributed by atoms with Crippen molar-refractivity contribution in [1.29, 1.82) is 0 Å². The topological polar surface area (TPSA) is 91.2 Å². The highest BCUT2D eigenvalue weighted by atomic mass is 19.4. The fraction of sp³-hybridized carbons (Fsp3) is 0.385. The van der Waals surface area contributed by atoms with Crippen LogP contribution >= 0.6 is 0 Å². The Balaban J connectivity index is 0.000000427. The molecule has 9 heteroatoms. The second-order valence-electron chi connectivity index (χ2n) is 7.77. The predicted octanol–water partition coefficient (Wildman–Crippen LogP) is 4.84. The summed E-state index contributed by atoms with van der Waals surface area (Å²) >= 11 is 0. The first-order chi connectivity index (χ1) is 16.5. The van der Waals surface area contributed by atoms with Gasteiger partial charge in [0.2, 0.25) is 5.91 Å². The van der Waals surface area contributed by atoms with Crippen molar-refractivity contribution in [3.63, 3.8) is 0 Å². The number of aryl methyl sites for hydroxylation is 1. The first-order valence-electron chi connectivity index (χ1n) is 11.1. The lowest BCUT2D eigenvalue weighted by atomic mass is 9.86. The lowest BCUT2D eigenvalue weighted by Crippen LogP contribution is -2.30. The molecule has 2 aromatic rings. The van der Waals surface area contributed by atoms with Crippen LogP contribution in [0.25, 0.3) is 0 Å². The summed E-state index contributed by atoms with van der Waals surface area (Å²) in [6, 6.07) is 11.3. The van der Waals surface area contributed by atoms with Gasteiger partial charge in [-0.3, -0.25) is 9.79 Å². The van der Waals surface area contributed by atoms with Crippen molar-refractivity contribution in [2.24, 2.45) is 4.99 Å². The molecule has 0 saturated carbocycles. The quantitative estimate of drug-likeness (QED) is 0.344. The Bertz CT molecular complexity index is 961. The summed E-state index contributed by atoms with van der Waals surface area (Å²) in [5, 5.41) is 22.2. The van der Waals surface area contributed by atoms with Crippen LogP contribution in [0.3, 0.4) is 0 Å². The minimum Gasteiger partial charge on any atom is -0.406 e. The zero-order chi connectivity index (χ0) is 26.6. The number of rotatable bonds is 9. The molecule has 35 heavy (non-hydrogen) atoms. The third-order valence-corrected chi connectivity index (χ3v) is 5.23. The molecule has 1 amide bonds. The molecule has 2 rings (SSSR count). The Hall–Kier alpha value is -3.17. The number of alkyl halides is 3. The molecule has 0 heterocycles. The van der Waals surface area contributed by atoms with Crippen LogP contribution in [-0.2, 0) is 4.79 Å². The second kappa shape index (κ2) is 14.3. The van der Waals surface area contributed by atoms with E-state index in [9.17, 15) is 28.2 Å². The van der Waals surface area contributed by atoms with Crippen molar-refractivity contribution in [3.8, 4) is 5.75 Å². The lowest BCUT2D eigenvalue weighted by Gasteiger charge is -2.22. The Morgan fingerprint density at radius 2 is 1.80 bits per heavy atom. The molecule has 2 unspecified atom stereocenters. The fourth-order valence-corrected chi connectivity index (χ4v) is 3.19. The molecule has 0 spiro atoms. The number of aliphatic hydroxyl groups excluding tert-OH is 2. The number of aliphatic imine (C=N–C) groups is 1. The van der Waals surface area contributed by atoms with Crippen molar-refractivity contribution in [2.75, 3.05) is 20.2 Å². The van der Waals surface area contributed by atoms with E-state index in [-0.39, 0.29) is 30.7 Å². The Labute approximate surface area is 204 Å². The van der Waals surface area contributed by atoms with Gasteiger partial charge in [0.1, 0.15) is 11.9 Å². The van der Waals surface area contributed by atoms with Gasteiger partial charge < -0.3 is 20.3 Å². The SMILES string of the molecule is C=CC(=O)NCC(=NC)c1c(C(C)CC)cccc1C(O)CO.Cc1ccc(OC(F)(F)F)cc1. The van der Waals surface area contributed by atoms with E-state index in [2.05, 4.69) is 35.5 Å². The van der Waals surface area contributed by atoms with E-state index in [0.717, 1.165) is 23.1 Å². The molecule has 0 aliphatic heterocycles. The van der Waals surface area contributed by atoms with E-state index in [4.69, 9.17) is 0 Å². The maximum absolute atomic E-state index is 11.6. The van der Waals surface area contributed by atoms with Gasteiger partial charge in [0.15, 0.2) is 0 Å². The molecule has 0 saturated heterocycles. The van der Waals surface area contributed by atoms with Gasteiger partial charge in [-0.05, 0) is 48.6 Å². The zero-order valence-electron chi connectivity index (χ0n) is 20.4. The maximum Gasteiger partial charge on any atom is 0.573 e. The number of hydrogen-bond acceptors (Lipinski definition) is 5. The average Bonchev–Trinajstić information content (AvgIpc) is 2.84. The van der Waals surface area contributed by atoms with Crippen LogP contribution in [0.2, 0.25) is 0 Å². The van der Waals surface area contributed by atoms with Crippen molar-refractivity contribution < 1.29 is 32.9 Å². The van der Waals surface area contributed by atoms with Crippen molar-refractivity contribution in [1.82, 2.24) is 5.32 Å². The van der Waals surface area contributed by atoms with Gasteiger partial charge in [-0.15, -0.1) is 13.2 Å². The normalized spacial score (nSPS) is 13.2. The van der Waals surface area contributed by atoms with Gasteiger partial charge in [-0.2, -0.15) is 0 Å². The highest BCUT2D eigenvalue weighted by molar-refractivity contribution is 6.06. The summed E-state index contributed by atoms with van der Waals surface area (Å²) in [6.45, 7) is 9.28. The van der Waals surface area contributed by atoms with Crippen LogP contribution in [0.5, 0.6) is 5.75 Å². The molecule has 6 nitrogen and oxygen atoms in total. The first kappa shape index (κ1) is 29.9. The monoisotopic (exact) mass is 494 g/mol. The number of aliphatic hydroxyl groups is 2. The zero-order valence-corrected chi connectivity index (χ0v) is 20.4. The molecule has 2 aromatic carbocycles. The summed E-state index contributed by atoms with van der Waals surface area (Å²) in [7, 11) is 1.65. The van der Waals surface area contributed by atoms with Gasteiger partial charge in [0.25, 0.3) is 0 Å². The standard InChI is InChI=1S/C18H26N2O3.C8H7F3O/c1-5-12(3)13-8-7-9-14(16(22)11-21)18(13)15(19-4)10-20-17(23)6-2;1-6-2-4-7(5-3-6)12-8(9,10)11/h6-9,12,16,21-22H,2,5,10-11H2,1,3-4H3,(H,20,23);2-5H,1H3. The highest BCUT2D eigenvalue weighted by Gasteiger charge is 2.30. The summed E-state index contributed by atoms with van der Waals surface area (Å²) in [6.07, 6.45) is -3.45. The van der Waals surface area contributed by atoms with Gasteiger partial charge in [0.05, 0.1) is 18.9 Å². The minimum absolute atomic E-state index is 0.187. The minimum atomic E-state index is -4.60. The Morgan fingerprint density at radius 3 is 2.29 bits per heavy atom. The predicted molar refractivity (Wildman–Crippen MR) is 131 cm³/mol. The summed E-state index contributed by atoms with van der Waals surface area (Å²) in [5.41, 5.74) is 4.03. The molecule has 0 aliphatic carbocycles. The number of hydrogen-bond donors (Lipinski definition) is 3. The van der Waals surface area contributed by atoms with E-state index in [1.807, 2.05) is 12.1 Å². The third kappa shape index (κ3) is 9.92. The summed E-state index contributed by atoms with van der Waals surface area (Å²) < 4.78 is 38.5. The van der Waals surface area contributed by atoms with Crippen LogP contribution in [0.1, 0.15) is 54.5 Å². The fourth-order valence-electron chi connectivity index (χ4n) is 3.19. The van der Waals surface area contributed by atoms with E-state index < -0.39 is 12.5 Å².